The van der Waals surface area contributed by atoms with Crippen molar-refractivity contribution in [1.82, 2.24) is 4.31 Å². The van der Waals surface area contributed by atoms with Gasteiger partial charge in [0, 0.05) is 47.4 Å². The molecule has 3 aromatic carbocycles. The van der Waals surface area contributed by atoms with E-state index in [1.165, 1.54) is 41.9 Å². The van der Waals surface area contributed by atoms with Gasteiger partial charge in [0.05, 0.1) is 23.1 Å². The zero-order valence-corrected chi connectivity index (χ0v) is 33.9. The van der Waals surface area contributed by atoms with Crippen LogP contribution in [0.25, 0.3) is 0 Å². The Bertz CT molecular complexity index is 2110. The molecule has 0 aliphatic heterocycles. The molecule has 0 fully saturated rings. The molecule has 4 aromatic rings. The second kappa shape index (κ2) is 18.3. The van der Waals surface area contributed by atoms with Crippen molar-refractivity contribution < 1.29 is 37.1 Å². The number of hydrogen-bond acceptors (Lipinski definition) is 9. The molecule has 292 valence electrons. The van der Waals surface area contributed by atoms with Gasteiger partial charge in [0.25, 0.3) is 5.91 Å². The highest BCUT2D eigenvalue weighted by molar-refractivity contribution is 7.89. The van der Waals surface area contributed by atoms with Gasteiger partial charge in [0.1, 0.15) is 5.60 Å². The van der Waals surface area contributed by atoms with Gasteiger partial charge in [0.15, 0.2) is 5.78 Å². The van der Waals surface area contributed by atoms with E-state index in [-0.39, 0.29) is 53.5 Å². The standard InChI is InChI=1S/C43H50N2O8S2/c1-43(2,3)53-39(47)15-8-9-26-45(4)55(50,51)34-12-10-11-32(27-34)36(46)28-38-40(35-13-6-7-14-37(35)54-38)41(48)44-33-24-20-30(21-25-33)17-16-29-18-22-31(23-19-29)42(49)52-5/h10-12,18-25,27H,6-9,13-17,26,28H2,1-5H3,(H,44,48). The summed E-state index contributed by atoms with van der Waals surface area (Å²) in [7, 11) is -1.05. The summed E-state index contributed by atoms with van der Waals surface area (Å²) >= 11 is 1.50. The van der Waals surface area contributed by atoms with Gasteiger partial charge in [-0.15, -0.1) is 11.3 Å². The number of methoxy groups -OCH3 is 1. The van der Waals surface area contributed by atoms with Crippen LogP contribution < -0.4 is 5.32 Å². The maximum Gasteiger partial charge on any atom is 0.337 e. The van der Waals surface area contributed by atoms with E-state index in [1.807, 2.05) is 36.4 Å². The number of thiophene rings is 1. The van der Waals surface area contributed by atoms with E-state index in [4.69, 9.17) is 9.47 Å². The van der Waals surface area contributed by atoms with E-state index in [0.29, 0.717) is 34.5 Å². The number of aryl methyl sites for hydroxylation is 3. The van der Waals surface area contributed by atoms with E-state index in [9.17, 15) is 27.6 Å². The van der Waals surface area contributed by atoms with Crippen molar-refractivity contribution >= 4 is 50.7 Å². The molecule has 5 rings (SSSR count). The van der Waals surface area contributed by atoms with Crippen molar-refractivity contribution in [2.45, 2.75) is 95.5 Å². The summed E-state index contributed by atoms with van der Waals surface area (Å²) in [5, 5.41) is 3.05. The summed E-state index contributed by atoms with van der Waals surface area (Å²) in [4.78, 5) is 53.2. The summed E-state index contributed by atoms with van der Waals surface area (Å²) in [6.45, 7) is 5.61. The number of hydrogen-bond donors (Lipinski definition) is 1. The van der Waals surface area contributed by atoms with Crippen molar-refractivity contribution in [3.63, 3.8) is 0 Å². The highest BCUT2D eigenvalue weighted by atomic mass is 32.2. The third-order valence-corrected chi connectivity index (χ3v) is 12.6. The largest absolute Gasteiger partial charge is 0.465 e. The minimum absolute atomic E-state index is 0.0105. The second-order valence-corrected chi connectivity index (χ2v) is 18.1. The lowest BCUT2D eigenvalue weighted by Gasteiger charge is -2.20. The first-order valence-corrected chi connectivity index (χ1v) is 20.9. The first-order chi connectivity index (χ1) is 26.1. The molecule has 1 heterocycles. The molecule has 1 amide bonds. The van der Waals surface area contributed by atoms with E-state index in [1.54, 1.807) is 45.0 Å². The lowest BCUT2D eigenvalue weighted by molar-refractivity contribution is -0.154. The molecule has 10 nitrogen and oxygen atoms in total. The fraction of sp³-hybridized carbons (Fsp3) is 0.395. The minimum Gasteiger partial charge on any atom is -0.465 e. The molecule has 1 N–H and O–H groups in total. The summed E-state index contributed by atoms with van der Waals surface area (Å²) in [5.74, 6) is -1.21. The van der Waals surface area contributed by atoms with Crippen LogP contribution in [0.5, 0.6) is 0 Å². The number of carbonyl (C=O) groups is 4. The van der Waals surface area contributed by atoms with Gasteiger partial charge in [-0.3, -0.25) is 14.4 Å². The maximum atomic E-state index is 13.9. The zero-order chi connectivity index (χ0) is 39.8. The number of nitrogens with one attached hydrogen (secondary N) is 1. The predicted octanol–water partition coefficient (Wildman–Crippen LogP) is 8.01. The number of Topliss-reactive ketones (excluding diaryl/α,β-unsaturated/α-hetero) is 1. The van der Waals surface area contributed by atoms with E-state index >= 15 is 0 Å². The molecule has 55 heavy (non-hydrogen) atoms. The first kappa shape index (κ1) is 41.5. The second-order valence-electron chi connectivity index (χ2n) is 14.8. The molecule has 1 aromatic heterocycles. The van der Waals surface area contributed by atoms with Crippen molar-refractivity contribution in [1.29, 1.82) is 0 Å². The Hall–Kier alpha value is -4.65. The smallest absolute Gasteiger partial charge is 0.337 e. The van der Waals surface area contributed by atoms with Crippen molar-refractivity contribution in [3.05, 3.63) is 116 Å². The third kappa shape index (κ3) is 11.2. The Kier molecular flexibility index (Phi) is 13.8. The Morgan fingerprint density at radius 1 is 0.855 bits per heavy atom. The summed E-state index contributed by atoms with van der Waals surface area (Å²) < 4.78 is 38.2. The van der Waals surface area contributed by atoms with Crippen LogP contribution >= 0.6 is 11.3 Å². The van der Waals surface area contributed by atoms with Crippen LogP contribution in [0.2, 0.25) is 0 Å². The van der Waals surface area contributed by atoms with Crippen LogP contribution in [0.1, 0.15) is 110 Å². The molecular weight excluding hydrogens is 737 g/mol. The highest BCUT2D eigenvalue weighted by Gasteiger charge is 2.28. The van der Waals surface area contributed by atoms with Crippen LogP contribution in [0.3, 0.4) is 0 Å². The lowest BCUT2D eigenvalue weighted by Crippen LogP contribution is -2.28. The van der Waals surface area contributed by atoms with Crippen LogP contribution in [0.4, 0.5) is 5.69 Å². The minimum atomic E-state index is -3.89. The predicted molar refractivity (Wildman–Crippen MR) is 215 cm³/mol. The fourth-order valence-corrected chi connectivity index (χ4v) is 9.20. The number of fused-ring (bicyclic) bond motifs is 1. The molecule has 0 saturated carbocycles. The number of ether oxygens (including phenoxy) is 2. The normalized spacial score (nSPS) is 12.9. The number of anilines is 1. The number of sulfonamides is 1. The fourth-order valence-electron chi connectivity index (χ4n) is 6.55. The van der Waals surface area contributed by atoms with Gasteiger partial charge in [0.2, 0.25) is 10.0 Å². The number of unbranched alkanes of at least 4 members (excludes halogenated alkanes) is 1. The van der Waals surface area contributed by atoms with Gasteiger partial charge in [-0.25, -0.2) is 17.5 Å². The lowest BCUT2D eigenvalue weighted by atomic mass is 9.93. The van der Waals surface area contributed by atoms with Gasteiger partial charge in [-0.1, -0.05) is 36.4 Å². The topological polar surface area (TPSA) is 136 Å². The number of rotatable bonds is 16. The quantitative estimate of drug-likeness (QED) is 0.0686. The number of benzene rings is 3. The Labute approximate surface area is 328 Å². The average Bonchev–Trinajstić information content (AvgIpc) is 3.53. The molecule has 0 unspecified atom stereocenters. The first-order valence-electron chi connectivity index (χ1n) is 18.7. The molecule has 0 saturated heterocycles. The van der Waals surface area contributed by atoms with E-state index in [0.717, 1.165) is 60.1 Å². The number of nitrogens with zero attached hydrogens (tertiary/aromatic N) is 1. The maximum absolute atomic E-state index is 13.9. The van der Waals surface area contributed by atoms with Gasteiger partial charge < -0.3 is 14.8 Å². The summed E-state index contributed by atoms with van der Waals surface area (Å²) in [6, 6.07) is 21.1. The van der Waals surface area contributed by atoms with Crippen molar-refractivity contribution in [2.75, 3.05) is 26.0 Å². The molecule has 12 heteroatoms. The number of esters is 2. The molecule has 0 atom stereocenters. The summed E-state index contributed by atoms with van der Waals surface area (Å²) in [6.07, 6.45) is 6.30. The molecule has 0 spiro atoms. The highest BCUT2D eigenvalue weighted by Crippen LogP contribution is 2.36. The van der Waals surface area contributed by atoms with Gasteiger partial charge >= 0.3 is 11.9 Å². The Balaban J connectivity index is 1.22. The van der Waals surface area contributed by atoms with Gasteiger partial charge in [-0.05, 0) is 125 Å². The third-order valence-electron chi connectivity index (χ3n) is 9.47. The number of ketones is 1. The van der Waals surface area contributed by atoms with E-state index in [2.05, 4.69) is 5.32 Å². The van der Waals surface area contributed by atoms with Crippen LogP contribution in [-0.2, 0) is 56.4 Å². The Morgan fingerprint density at radius 2 is 1.51 bits per heavy atom. The van der Waals surface area contributed by atoms with Gasteiger partial charge in [-0.2, -0.15) is 0 Å². The number of amides is 1. The van der Waals surface area contributed by atoms with Crippen LogP contribution in [-0.4, -0.2) is 62.7 Å². The van der Waals surface area contributed by atoms with Crippen LogP contribution in [0, 0.1) is 0 Å². The Morgan fingerprint density at radius 3 is 2.16 bits per heavy atom. The monoisotopic (exact) mass is 786 g/mol. The molecular formula is C43H50N2O8S2. The van der Waals surface area contributed by atoms with E-state index < -0.39 is 15.6 Å². The average molecular weight is 787 g/mol. The SMILES string of the molecule is COC(=O)c1ccc(CCc2ccc(NC(=O)c3c(CC(=O)c4cccc(S(=O)(=O)N(C)CCCCC(=O)OC(C)(C)C)c4)sc4c3CCCC4)cc2)cc1. The molecule has 1 aliphatic rings. The molecule has 0 bridgehead atoms. The number of carbonyl (C=O) groups excluding carboxylic acids is 4. The zero-order valence-electron chi connectivity index (χ0n) is 32.2. The van der Waals surface area contributed by atoms with Crippen molar-refractivity contribution in [2.24, 2.45) is 0 Å². The molecule has 1 aliphatic carbocycles. The summed E-state index contributed by atoms with van der Waals surface area (Å²) in [5.41, 5.74) is 4.58. The molecule has 0 radical (unpaired) electrons. The van der Waals surface area contributed by atoms with Crippen molar-refractivity contribution in [3.8, 4) is 0 Å². The van der Waals surface area contributed by atoms with Crippen LogP contribution in [0.15, 0.2) is 77.7 Å².